The van der Waals surface area contributed by atoms with Crippen LogP contribution in [0.5, 0.6) is 0 Å². The molecule has 1 aromatic rings. The van der Waals surface area contributed by atoms with E-state index >= 15 is 0 Å². The third-order valence-corrected chi connectivity index (χ3v) is 7.11. The highest BCUT2D eigenvalue weighted by Gasteiger charge is 2.36. The van der Waals surface area contributed by atoms with Gasteiger partial charge in [0.05, 0.1) is 12.7 Å². The predicted molar refractivity (Wildman–Crippen MR) is 85.1 cm³/mol. The Morgan fingerprint density at radius 2 is 2.19 bits per heavy atom. The summed E-state index contributed by atoms with van der Waals surface area (Å²) in [5, 5.41) is 3.22. The molecule has 1 N–H and O–H groups in total. The fourth-order valence-corrected chi connectivity index (χ4v) is 5.60. The van der Waals surface area contributed by atoms with Gasteiger partial charge in [0.2, 0.25) is 0 Å². The van der Waals surface area contributed by atoms with Gasteiger partial charge in [-0.2, -0.15) is 4.31 Å². The monoisotopic (exact) mass is 332 g/mol. The summed E-state index contributed by atoms with van der Waals surface area (Å²) in [7, 11) is -3.42. The predicted octanol–water partition coefficient (Wildman–Crippen LogP) is 2.05. The summed E-state index contributed by atoms with van der Waals surface area (Å²) in [6.45, 7) is 8.45. The number of nitrogens with one attached hydrogen (secondary N) is 1. The van der Waals surface area contributed by atoms with Crippen LogP contribution < -0.4 is 5.32 Å². The Balaban J connectivity index is 2.21. The van der Waals surface area contributed by atoms with E-state index in [0.717, 1.165) is 17.8 Å². The second-order valence-corrected chi connectivity index (χ2v) is 8.57. The van der Waals surface area contributed by atoms with Crippen molar-refractivity contribution in [3.05, 3.63) is 17.0 Å². The summed E-state index contributed by atoms with van der Waals surface area (Å²) in [4.78, 5) is 1.05. The molecular formula is C14H24N2O3S2. The molecule has 0 radical (unpaired) electrons. The fourth-order valence-electron chi connectivity index (χ4n) is 2.39. The molecule has 0 aromatic carbocycles. The molecule has 2 heterocycles. The second-order valence-electron chi connectivity index (χ2n) is 5.28. The van der Waals surface area contributed by atoms with E-state index in [1.807, 2.05) is 26.8 Å². The van der Waals surface area contributed by atoms with Crippen molar-refractivity contribution in [1.82, 2.24) is 9.62 Å². The molecule has 1 saturated heterocycles. The van der Waals surface area contributed by atoms with Gasteiger partial charge in [-0.3, -0.25) is 0 Å². The molecule has 0 bridgehead atoms. The van der Waals surface area contributed by atoms with Gasteiger partial charge in [0.25, 0.3) is 10.0 Å². The Labute approximate surface area is 131 Å². The zero-order valence-electron chi connectivity index (χ0n) is 12.8. The van der Waals surface area contributed by atoms with Gasteiger partial charge < -0.3 is 10.1 Å². The highest BCUT2D eigenvalue weighted by atomic mass is 32.2. The fraction of sp³-hybridized carbons (Fsp3) is 0.714. The van der Waals surface area contributed by atoms with Gasteiger partial charge in [-0.05, 0) is 32.0 Å². The molecule has 1 aliphatic rings. The van der Waals surface area contributed by atoms with Crippen LogP contribution in [0.2, 0.25) is 0 Å². The molecule has 0 aliphatic carbocycles. The van der Waals surface area contributed by atoms with Gasteiger partial charge in [-0.1, -0.05) is 13.8 Å². The van der Waals surface area contributed by atoms with Crippen LogP contribution >= 0.6 is 11.3 Å². The van der Waals surface area contributed by atoms with Crippen LogP contribution in [0.25, 0.3) is 0 Å². The maximum Gasteiger partial charge on any atom is 0.252 e. The van der Waals surface area contributed by atoms with E-state index in [1.165, 1.54) is 11.3 Å². The van der Waals surface area contributed by atoms with Gasteiger partial charge >= 0.3 is 0 Å². The normalized spacial score (nSPS) is 24.3. The first-order valence-corrected chi connectivity index (χ1v) is 9.67. The molecule has 2 rings (SSSR count). The molecule has 5 nitrogen and oxygen atoms in total. The van der Waals surface area contributed by atoms with Crippen LogP contribution in [-0.4, -0.2) is 44.6 Å². The zero-order valence-corrected chi connectivity index (χ0v) is 14.5. The number of nitrogens with zero attached hydrogens (tertiary/aromatic N) is 1. The molecule has 120 valence electrons. The standard InChI is InChI=1S/C14H24N2O3S2/c1-4-12-10-19-11(3)9-16(12)21(17,18)14-7-6-13(20-14)8-15-5-2/h6-7,11-12,15H,4-5,8-10H2,1-3H3. The Bertz CT molecular complexity index is 556. The number of ether oxygens (including phenoxy) is 1. The molecule has 0 spiro atoms. The summed E-state index contributed by atoms with van der Waals surface area (Å²) in [5.74, 6) is 0. The molecule has 7 heteroatoms. The van der Waals surface area contributed by atoms with E-state index in [1.54, 1.807) is 10.4 Å². The second kappa shape index (κ2) is 7.19. The smallest absolute Gasteiger partial charge is 0.252 e. The molecule has 21 heavy (non-hydrogen) atoms. The van der Waals surface area contributed by atoms with Crippen LogP contribution in [0.1, 0.15) is 32.1 Å². The first-order chi connectivity index (χ1) is 9.98. The lowest BCUT2D eigenvalue weighted by Gasteiger charge is -2.36. The average Bonchev–Trinajstić information content (AvgIpc) is 2.94. The highest BCUT2D eigenvalue weighted by Crippen LogP contribution is 2.29. The number of thiophene rings is 1. The Morgan fingerprint density at radius 3 is 2.86 bits per heavy atom. The first-order valence-electron chi connectivity index (χ1n) is 7.41. The van der Waals surface area contributed by atoms with E-state index in [4.69, 9.17) is 4.74 Å². The molecule has 1 fully saturated rings. The summed E-state index contributed by atoms with van der Waals surface area (Å²) >= 11 is 1.35. The maximum absolute atomic E-state index is 12.8. The minimum absolute atomic E-state index is 0.0521. The van der Waals surface area contributed by atoms with E-state index < -0.39 is 10.0 Å². The SMILES string of the molecule is CCNCc1ccc(S(=O)(=O)N2CC(C)OCC2CC)s1. The van der Waals surface area contributed by atoms with Crippen LogP contribution in [-0.2, 0) is 21.3 Å². The van der Waals surface area contributed by atoms with Crippen molar-refractivity contribution in [2.45, 2.75) is 50.1 Å². The largest absolute Gasteiger partial charge is 0.375 e. The summed E-state index contributed by atoms with van der Waals surface area (Å²) < 4.78 is 33.3. The maximum atomic E-state index is 12.8. The molecule has 1 aromatic heterocycles. The summed E-state index contributed by atoms with van der Waals surface area (Å²) in [6, 6.07) is 3.55. The number of rotatable bonds is 6. The van der Waals surface area contributed by atoms with Crippen LogP contribution in [0.4, 0.5) is 0 Å². The highest BCUT2D eigenvalue weighted by molar-refractivity contribution is 7.91. The molecule has 1 aliphatic heterocycles. The Morgan fingerprint density at radius 1 is 1.43 bits per heavy atom. The van der Waals surface area contributed by atoms with Crippen molar-refractivity contribution >= 4 is 21.4 Å². The molecule has 2 atom stereocenters. The Kier molecular flexibility index (Phi) is 5.79. The Hall–Kier alpha value is -0.470. The van der Waals surface area contributed by atoms with Crippen molar-refractivity contribution < 1.29 is 13.2 Å². The first kappa shape index (κ1) is 16.9. The van der Waals surface area contributed by atoms with Crippen LogP contribution in [0.3, 0.4) is 0 Å². The lowest BCUT2D eigenvalue weighted by molar-refractivity contribution is -0.0229. The third kappa shape index (κ3) is 3.84. The molecular weight excluding hydrogens is 308 g/mol. The van der Waals surface area contributed by atoms with Crippen molar-refractivity contribution in [2.24, 2.45) is 0 Å². The number of sulfonamides is 1. The minimum Gasteiger partial charge on any atom is -0.375 e. The minimum atomic E-state index is -3.42. The van der Waals surface area contributed by atoms with Gasteiger partial charge in [-0.15, -0.1) is 11.3 Å². The molecule has 0 saturated carbocycles. The van der Waals surface area contributed by atoms with Gasteiger partial charge in [0.15, 0.2) is 0 Å². The molecule has 0 amide bonds. The topological polar surface area (TPSA) is 58.6 Å². The average molecular weight is 332 g/mol. The lowest BCUT2D eigenvalue weighted by atomic mass is 10.2. The van der Waals surface area contributed by atoms with Crippen molar-refractivity contribution in [3.63, 3.8) is 0 Å². The van der Waals surface area contributed by atoms with E-state index in [2.05, 4.69) is 5.32 Å². The van der Waals surface area contributed by atoms with Gasteiger partial charge in [0, 0.05) is 24.0 Å². The van der Waals surface area contributed by atoms with Crippen molar-refractivity contribution in [3.8, 4) is 0 Å². The summed E-state index contributed by atoms with van der Waals surface area (Å²) in [6.07, 6.45) is 0.713. The van der Waals surface area contributed by atoms with E-state index in [9.17, 15) is 8.42 Å². The van der Waals surface area contributed by atoms with E-state index in [-0.39, 0.29) is 12.1 Å². The number of hydrogen-bond donors (Lipinski definition) is 1. The lowest BCUT2D eigenvalue weighted by Crippen LogP contribution is -2.50. The van der Waals surface area contributed by atoms with Gasteiger partial charge in [-0.25, -0.2) is 8.42 Å². The van der Waals surface area contributed by atoms with Crippen LogP contribution in [0, 0.1) is 0 Å². The number of morpholine rings is 1. The van der Waals surface area contributed by atoms with Gasteiger partial charge in [0.1, 0.15) is 4.21 Å². The molecule has 2 unspecified atom stereocenters. The van der Waals surface area contributed by atoms with Crippen molar-refractivity contribution in [2.75, 3.05) is 19.7 Å². The van der Waals surface area contributed by atoms with Crippen LogP contribution in [0.15, 0.2) is 16.3 Å². The third-order valence-electron chi connectivity index (χ3n) is 3.64. The zero-order chi connectivity index (χ0) is 15.5. The summed E-state index contributed by atoms with van der Waals surface area (Å²) in [5.41, 5.74) is 0. The quantitative estimate of drug-likeness (QED) is 0.866. The number of hydrogen-bond acceptors (Lipinski definition) is 5. The van der Waals surface area contributed by atoms with E-state index in [0.29, 0.717) is 23.9 Å². The van der Waals surface area contributed by atoms with Crippen molar-refractivity contribution in [1.29, 1.82) is 0 Å².